The second-order valence-corrected chi connectivity index (χ2v) is 7.10. The maximum Gasteiger partial charge on any atom is 0.337 e. The third-order valence-electron chi connectivity index (χ3n) is 5.12. The summed E-state index contributed by atoms with van der Waals surface area (Å²) in [6.45, 7) is 6.45. The number of carbonyl (C=O) groups is 1. The normalized spacial score (nSPS) is 28.3. The quantitative estimate of drug-likeness (QED) is 0.780. The second-order valence-electron chi connectivity index (χ2n) is 7.10. The molecule has 0 bridgehead atoms. The van der Waals surface area contributed by atoms with Gasteiger partial charge in [-0.25, -0.2) is 4.79 Å². The van der Waals surface area contributed by atoms with Gasteiger partial charge in [-0.2, -0.15) is 0 Å². The molecule has 2 heterocycles. The van der Waals surface area contributed by atoms with E-state index in [0.717, 1.165) is 37.0 Å². The molecular weight excluding hydrogens is 292 g/mol. The van der Waals surface area contributed by atoms with Crippen LogP contribution >= 0.6 is 0 Å². The summed E-state index contributed by atoms with van der Waals surface area (Å²) in [5.41, 5.74) is 1.27. The van der Waals surface area contributed by atoms with Crippen LogP contribution in [-0.2, 0) is 9.47 Å². The largest absolute Gasteiger partial charge is 0.487 e. The van der Waals surface area contributed by atoms with Crippen LogP contribution in [-0.4, -0.2) is 24.8 Å². The van der Waals surface area contributed by atoms with Crippen molar-refractivity contribution in [2.75, 3.05) is 7.11 Å². The molecule has 1 saturated heterocycles. The zero-order valence-corrected chi connectivity index (χ0v) is 14.4. The molecule has 0 amide bonds. The number of hydrogen-bond donors (Lipinski definition) is 0. The Labute approximate surface area is 138 Å². The molecule has 4 heteroatoms. The van der Waals surface area contributed by atoms with Gasteiger partial charge in [-0.15, -0.1) is 0 Å². The molecule has 1 fully saturated rings. The van der Waals surface area contributed by atoms with Gasteiger partial charge in [0.1, 0.15) is 11.4 Å². The number of hydrogen-bond acceptors (Lipinski definition) is 4. The monoisotopic (exact) mass is 318 g/mol. The average molecular weight is 318 g/mol. The van der Waals surface area contributed by atoms with Crippen LogP contribution in [0.3, 0.4) is 0 Å². The molecule has 23 heavy (non-hydrogen) atoms. The second kappa shape index (κ2) is 6.16. The van der Waals surface area contributed by atoms with E-state index in [1.165, 1.54) is 7.11 Å². The van der Waals surface area contributed by atoms with Gasteiger partial charge in [-0.1, -0.05) is 13.3 Å². The first kappa shape index (κ1) is 16.3. The zero-order chi connectivity index (χ0) is 16.6. The van der Waals surface area contributed by atoms with Gasteiger partial charge in [0, 0.05) is 11.5 Å². The maximum atomic E-state index is 11.8. The average Bonchev–Trinajstić information content (AvgIpc) is 2.53. The summed E-state index contributed by atoms with van der Waals surface area (Å²) in [6, 6.07) is 5.50. The Hall–Kier alpha value is -1.55. The van der Waals surface area contributed by atoms with Crippen LogP contribution < -0.4 is 4.74 Å². The highest BCUT2D eigenvalue weighted by atomic mass is 16.5. The van der Waals surface area contributed by atoms with Crippen LogP contribution in [0.1, 0.15) is 68.5 Å². The molecule has 0 aromatic heterocycles. The third kappa shape index (κ3) is 2.97. The smallest absolute Gasteiger partial charge is 0.337 e. The molecule has 0 unspecified atom stereocenters. The minimum atomic E-state index is -0.324. The molecule has 4 nitrogen and oxygen atoms in total. The number of rotatable bonds is 3. The molecule has 0 spiro atoms. The minimum absolute atomic E-state index is 0.0105. The Kier molecular flexibility index (Phi) is 4.37. The van der Waals surface area contributed by atoms with Crippen molar-refractivity contribution in [1.29, 1.82) is 0 Å². The van der Waals surface area contributed by atoms with E-state index < -0.39 is 0 Å². The van der Waals surface area contributed by atoms with E-state index in [1.807, 2.05) is 12.1 Å². The van der Waals surface area contributed by atoms with Gasteiger partial charge in [-0.3, -0.25) is 0 Å². The Bertz CT molecular complexity index is 593. The maximum absolute atomic E-state index is 11.8. The predicted molar refractivity (Wildman–Crippen MR) is 87.7 cm³/mol. The first-order chi connectivity index (χ1) is 11.0. The number of esters is 1. The van der Waals surface area contributed by atoms with Crippen molar-refractivity contribution >= 4 is 5.97 Å². The molecule has 0 saturated carbocycles. The van der Waals surface area contributed by atoms with Crippen molar-refractivity contribution < 1.29 is 19.0 Å². The Morgan fingerprint density at radius 1 is 1.35 bits per heavy atom. The van der Waals surface area contributed by atoms with Gasteiger partial charge in [0.05, 0.1) is 24.9 Å². The predicted octanol–water partition coefficient (Wildman–Crippen LogP) is 4.28. The summed E-state index contributed by atoms with van der Waals surface area (Å²) in [7, 11) is 1.40. The minimum Gasteiger partial charge on any atom is -0.487 e. The number of ether oxygens (including phenoxy) is 3. The van der Waals surface area contributed by atoms with Crippen LogP contribution in [0.25, 0.3) is 0 Å². The molecule has 3 atom stereocenters. The van der Waals surface area contributed by atoms with E-state index in [9.17, 15) is 4.79 Å². The molecular formula is C19H26O4. The molecule has 1 aromatic carbocycles. The number of carbonyl (C=O) groups excluding carboxylic acids is 1. The summed E-state index contributed by atoms with van der Waals surface area (Å²) in [6.07, 6.45) is 4.65. The van der Waals surface area contributed by atoms with E-state index >= 15 is 0 Å². The highest BCUT2D eigenvalue weighted by molar-refractivity contribution is 5.89. The summed E-state index contributed by atoms with van der Waals surface area (Å²) < 4.78 is 17.5. The molecule has 3 rings (SSSR count). The lowest BCUT2D eigenvalue weighted by atomic mass is 9.74. The van der Waals surface area contributed by atoms with E-state index in [1.54, 1.807) is 6.07 Å². The zero-order valence-electron chi connectivity index (χ0n) is 14.4. The fraction of sp³-hybridized carbons (Fsp3) is 0.632. The van der Waals surface area contributed by atoms with E-state index in [0.29, 0.717) is 17.6 Å². The van der Waals surface area contributed by atoms with Gasteiger partial charge in [0.25, 0.3) is 0 Å². The van der Waals surface area contributed by atoms with E-state index in [4.69, 9.17) is 14.2 Å². The van der Waals surface area contributed by atoms with Crippen LogP contribution in [0.5, 0.6) is 5.75 Å². The molecule has 1 aromatic rings. The first-order valence-corrected chi connectivity index (χ1v) is 8.53. The molecule has 2 aliphatic rings. The summed E-state index contributed by atoms with van der Waals surface area (Å²) in [4.78, 5) is 11.8. The highest BCUT2D eigenvalue weighted by Crippen LogP contribution is 2.51. The summed E-state index contributed by atoms with van der Waals surface area (Å²) >= 11 is 0. The number of methoxy groups -OCH3 is 1. The highest BCUT2D eigenvalue weighted by Gasteiger charge is 2.47. The fourth-order valence-corrected chi connectivity index (χ4v) is 3.89. The fourth-order valence-electron chi connectivity index (χ4n) is 3.89. The lowest BCUT2D eigenvalue weighted by molar-refractivity contribution is -0.151. The van der Waals surface area contributed by atoms with Crippen LogP contribution in [0.15, 0.2) is 18.2 Å². The Morgan fingerprint density at radius 2 is 2.13 bits per heavy atom. The van der Waals surface area contributed by atoms with Crippen molar-refractivity contribution in [2.24, 2.45) is 5.92 Å². The van der Waals surface area contributed by atoms with Crippen molar-refractivity contribution in [2.45, 2.75) is 64.3 Å². The van der Waals surface area contributed by atoms with Crippen molar-refractivity contribution in [1.82, 2.24) is 0 Å². The molecule has 0 aliphatic carbocycles. The van der Waals surface area contributed by atoms with Crippen LogP contribution in [0.4, 0.5) is 0 Å². The van der Waals surface area contributed by atoms with Crippen molar-refractivity contribution in [3.8, 4) is 5.75 Å². The lowest BCUT2D eigenvalue weighted by Gasteiger charge is -2.48. The first-order valence-electron chi connectivity index (χ1n) is 8.53. The van der Waals surface area contributed by atoms with Gasteiger partial charge in [0.15, 0.2) is 0 Å². The SMILES string of the molecule is CCC[C@@H]1CC[C@@H]2[C@@H](O1)c1cc(C(=O)OC)ccc1OC2(C)C. The standard InChI is InChI=1S/C19H26O4/c1-5-6-13-8-9-15-17(22-13)14-11-12(18(20)21-4)7-10-16(14)23-19(15,2)3/h7,10-11,13,15,17H,5-6,8-9H2,1-4H3/t13-,15-,17+/m1/s1. The van der Waals surface area contributed by atoms with Gasteiger partial charge in [-0.05, 0) is 51.3 Å². The number of fused-ring (bicyclic) bond motifs is 3. The Morgan fingerprint density at radius 3 is 2.83 bits per heavy atom. The summed E-state index contributed by atoms with van der Waals surface area (Å²) in [5, 5.41) is 0. The van der Waals surface area contributed by atoms with E-state index in [2.05, 4.69) is 20.8 Å². The van der Waals surface area contributed by atoms with Crippen LogP contribution in [0, 0.1) is 5.92 Å². The van der Waals surface area contributed by atoms with Gasteiger partial charge < -0.3 is 14.2 Å². The molecule has 0 N–H and O–H groups in total. The molecule has 126 valence electrons. The van der Waals surface area contributed by atoms with Crippen LogP contribution in [0.2, 0.25) is 0 Å². The van der Waals surface area contributed by atoms with Gasteiger partial charge in [0.2, 0.25) is 0 Å². The topological polar surface area (TPSA) is 44.8 Å². The third-order valence-corrected chi connectivity index (χ3v) is 5.12. The Balaban J connectivity index is 1.98. The molecule has 0 radical (unpaired) electrons. The lowest BCUT2D eigenvalue weighted by Crippen LogP contribution is -2.48. The van der Waals surface area contributed by atoms with E-state index in [-0.39, 0.29) is 17.7 Å². The van der Waals surface area contributed by atoms with Gasteiger partial charge >= 0.3 is 5.97 Å². The summed E-state index contributed by atoms with van der Waals surface area (Å²) in [5.74, 6) is 0.798. The molecule has 2 aliphatic heterocycles. The van der Waals surface area contributed by atoms with Crippen molar-refractivity contribution in [3.63, 3.8) is 0 Å². The van der Waals surface area contributed by atoms with Crippen molar-refractivity contribution in [3.05, 3.63) is 29.3 Å². The number of benzene rings is 1.